The van der Waals surface area contributed by atoms with Gasteiger partial charge in [-0.05, 0) is 23.8 Å². The van der Waals surface area contributed by atoms with Crippen LogP contribution in [0.3, 0.4) is 0 Å². The van der Waals surface area contributed by atoms with Gasteiger partial charge in [0.1, 0.15) is 12.4 Å². The third-order valence-corrected chi connectivity index (χ3v) is 1.79. The average Bonchev–Trinajstić information content (AvgIpc) is 2.28. The number of rotatable bonds is 5. The zero-order valence-corrected chi connectivity index (χ0v) is 8.64. The Labute approximate surface area is 89.6 Å². The number of nitrogens with zero attached hydrogens (tertiary/aromatic N) is 1. The van der Waals surface area contributed by atoms with Crippen molar-refractivity contribution in [2.24, 2.45) is 0 Å². The van der Waals surface area contributed by atoms with Gasteiger partial charge in [-0.1, -0.05) is 12.1 Å². The van der Waals surface area contributed by atoms with Gasteiger partial charge in [0.2, 0.25) is 0 Å². The van der Waals surface area contributed by atoms with Gasteiger partial charge in [-0.2, -0.15) is 5.26 Å². The number of nitriles is 1. The lowest BCUT2D eigenvalue weighted by molar-refractivity contribution is 0.146. The molecule has 1 aromatic rings. The van der Waals surface area contributed by atoms with Gasteiger partial charge < -0.3 is 9.47 Å². The molecule has 0 atom stereocenters. The summed E-state index contributed by atoms with van der Waals surface area (Å²) in [4.78, 5) is 0. The molecule has 0 spiro atoms. The monoisotopic (exact) mass is 203 g/mol. The third-order valence-electron chi connectivity index (χ3n) is 1.79. The summed E-state index contributed by atoms with van der Waals surface area (Å²) >= 11 is 0. The first-order chi connectivity index (χ1) is 7.36. The van der Waals surface area contributed by atoms with E-state index in [-0.39, 0.29) is 0 Å². The van der Waals surface area contributed by atoms with E-state index in [0.717, 1.165) is 11.3 Å². The van der Waals surface area contributed by atoms with Crippen LogP contribution >= 0.6 is 0 Å². The van der Waals surface area contributed by atoms with Crippen molar-refractivity contribution >= 4 is 6.08 Å². The molecule has 15 heavy (non-hydrogen) atoms. The van der Waals surface area contributed by atoms with E-state index in [1.165, 1.54) is 6.08 Å². The number of methoxy groups -OCH3 is 1. The standard InChI is InChI=1S/C12H13NO2/c1-14-9-10-15-12-6-4-11(5-7-12)3-2-8-13/h2-7H,9-10H2,1H3. The molecule has 0 aliphatic carbocycles. The first-order valence-electron chi connectivity index (χ1n) is 4.65. The van der Waals surface area contributed by atoms with Crippen LogP contribution in [0.25, 0.3) is 6.08 Å². The second-order valence-electron chi connectivity index (χ2n) is 2.87. The molecule has 0 fully saturated rings. The second-order valence-corrected chi connectivity index (χ2v) is 2.87. The number of allylic oxidation sites excluding steroid dienone is 1. The maximum atomic E-state index is 8.35. The number of hydrogen-bond acceptors (Lipinski definition) is 3. The Morgan fingerprint density at radius 3 is 2.60 bits per heavy atom. The highest BCUT2D eigenvalue weighted by Gasteiger charge is 1.92. The van der Waals surface area contributed by atoms with Gasteiger partial charge in [-0.3, -0.25) is 0 Å². The number of benzene rings is 1. The molecule has 0 saturated heterocycles. The van der Waals surface area contributed by atoms with E-state index in [1.807, 2.05) is 30.3 Å². The Bertz CT molecular complexity index is 349. The van der Waals surface area contributed by atoms with Crippen molar-refractivity contribution in [1.29, 1.82) is 5.26 Å². The first kappa shape index (κ1) is 11.3. The van der Waals surface area contributed by atoms with Crippen LogP contribution in [0.5, 0.6) is 5.75 Å². The van der Waals surface area contributed by atoms with Gasteiger partial charge in [-0.15, -0.1) is 0 Å². The minimum Gasteiger partial charge on any atom is -0.491 e. The Morgan fingerprint density at radius 1 is 1.27 bits per heavy atom. The smallest absolute Gasteiger partial charge is 0.119 e. The molecule has 0 unspecified atom stereocenters. The highest BCUT2D eigenvalue weighted by atomic mass is 16.5. The van der Waals surface area contributed by atoms with E-state index in [1.54, 1.807) is 13.2 Å². The molecule has 78 valence electrons. The molecule has 1 aromatic carbocycles. The van der Waals surface area contributed by atoms with Crippen LogP contribution in [0, 0.1) is 11.3 Å². The van der Waals surface area contributed by atoms with Gasteiger partial charge in [0, 0.05) is 13.2 Å². The molecule has 0 amide bonds. The third kappa shape index (κ3) is 4.30. The van der Waals surface area contributed by atoms with Crippen molar-refractivity contribution in [3.8, 4) is 11.8 Å². The summed E-state index contributed by atoms with van der Waals surface area (Å²) in [6.07, 6.45) is 3.19. The average molecular weight is 203 g/mol. The van der Waals surface area contributed by atoms with Crippen molar-refractivity contribution in [3.05, 3.63) is 35.9 Å². The van der Waals surface area contributed by atoms with Crippen LogP contribution in [0.4, 0.5) is 0 Å². The normalized spacial score (nSPS) is 10.1. The van der Waals surface area contributed by atoms with Crippen LogP contribution in [0.15, 0.2) is 30.3 Å². The molecular weight excluding hydrogens is 190 g/mol. The zero-order chi connectivity index (χ0) is 10.9. The SMILES string of the molecule is COCCOc1ccc(C=CC#N)cc1. The summed E-state index contributed by atoms with van der Waals surface area (Å²) in [5.74, 6) is 0.807. The van der Waals surface area contributed by atoms with E-state index in [9.17, 15) is 0 Å². The molecule has 0 radical (unpaired) electrons. The Balaban J connectivity index is 2.49. The summed E-state index contributed by atoms with van der Waals surface area (Å²) in [6.45, 7) is 1.12. The summed E-state index contributed by atoms with van der Waals surface area (Å²) < 4.78 is 10.3. The molecule has 1 rings (SSSR count). The predicted molar refractivity (Wildman–Crippen MR) is 58.5 cm³/mol. The molecule has 3 heteroatoms. The Kier molecular flexibility index (Phi) is 4.99. The van der Waals surface area contributed by atoms with Gasteiger partial charge in [-0.25, -0.2) is 0 Å². The van der Waals surface area contributed by atoms with Crippen LogP contribution in [-0.2, 0) is 4.74 Å². The number of hydrogen-bond donors (Lipinski definition) is 0. The number of ether oxygens (including phenoxy) is 2. The van der Waals surface area contributed by atoms with Crippen LogP contribution in [0.1, 0.15) is 5.56 Å². The van der Waals surface area contributed by atoms with E-state index in [2.05, 4.69) is 0 Å². The van der Waals surface area contributed by atoms with E-state index < -0.39 is 0 Å². The lowest BCUT2D eigenvalue weighted by Crippen LogP contribution is -2.03. The largest absolute Gasteiger partial charge is 0.491 e. The van der Waals surface area contributed by atoms with Crippen LogP contribution in [-0.4, -0.2) is 20.3 Å². The quantitative estimate of drug-likeness (QED) is 0.544. The lowest BCUT2D eigenvalue weighted by atomic mass is 10.2. The Morgan fingerprint density at radius 2 is 2.00 bits per heavy atom. The zero-order valence-electron chi connectivity index (χ0n) is 8.64. The summed E-state index contributed by atoms with van der Waals surface area (Å²) in [6, 6.07) is 9.48. The molecule has 0 bridgehead atoms. The maximum Gasteiger partial charge on any atom is 0.119 e. The minimum absolute atomic E-state index is 0.546. The van der Waals surface area contributed by atoms with Crippen molar-refractivity contribution < 1.29 is 9.47 Å². The lowest BCUT2D eigenvalue weighted by Gasteiger charge is -2.04. The molecule has 0 aliphatic heterocycles. The van der Waals surface area contributed by atoms with Gasteiger partial charge >= 0.3 is 0 Å². The molecule has 0 aromatic heterocycles. The van der Waals surface area contributed by atoms with Crippen LogP contribution < -0.4 is 4.74 Å². The fourth-order valence-electron chi connectivity index (χ4n) is 1.05. The van der Waals surface area contributed by atoms with E-state index in [0.29, 0.717) is 13.2 Å². The highest BCUT2D eigenvalue weighted by molar-refractivity contribution is 5.52. The van der Waals surface area contributed by atoms with Crippen molar-refractivity contribution in [2.45, 2.75) is 0 Å². The topological polar surface area (TPSA) is 42.2 Å². The van der Waals surface area contributed by atoms with E-state index >= 15 is 0 Å². The molecule has 3 nitrogen and oxygen atoms in total. The minimum atomic E-state index is 0.546. The second kappa shape index (κ2) is 6.63. The van der Waals surface area contributed by atoms with Gasteiger partial charge in [0.05, 0.1) is 12.7 Å². The maximum absolute atomic E-state index is 8.35. The van der Waals surface area contributed by atoms with Crippen LogP contribution in [0.2, 0.25) is 0 Å². The van der Waals surface area contributed by atoms with Gasteiger partial charge in [0.25, 0.3) is 0 Å². The summed E-state index contributed by atoms with van der Waals surface area (Å²) in [5.41, 5.74) is 0.982. The summed E-state index contributed by atoms with van der Waals surface area (Å²) in [7, 11) is 1.64. The molecule has 0 aliphatic rings. The Hall–Kier alpha value is -1.79. The first-order valence-corrected chi connectivity index (χ1v) is 4.65. The molecule has 0 N–H and O–H groups in total. The van der Waals surface area contributed by atoms with Crippen molar-refractivity contribution in [1.82, 2.24) is 0 Å². The van der Waals surface area contributed by atoms with Gasteiger partial charge in [0.15, 0.2) is 0 Å². The van der Waals surface area contributed by atoms with Crippen molar-refractivity contribution in [3.63, 3.8) is 0 Å². The molecular formula is C12H13NO2. The van der Waals surface area contributed by atoms with E-state index in [4.69, 9.17) is 14.7 Å². The predicted octanol–water partition coefficient (Wildman–Crippen LogP) is 2.25. The highest BCUT2D eigenvalue weighted by Crippen LogP contribution is 2.12. The fourth-order valence-corrected chi connectivity index (χ4v) is 1.05. The molecule has 0 saturated carbocycles. The van der Waals surface area contributed by atoms with Crippen molar-refractivity contribution in [2.75, 3.05) is 20.3 Å². The fraction of sp³-hybridized carbons (Fsp3) is 0.250. The molecule has 0 heterocycles. The summed E-state index contributed by atoms with van der Waals surface area (Å²) in [5, 5.41) is 8.35.